The van der Waals surface area contributed by atoms with E-state index in [1.54, 1.807) is 7.05 Å². The van der Waals surface area contributed by atoms with Gasteiger partial charge >= 0.3 is 0 Å². The summed E-state index contributed by atoms with van der Waals surface area (Å²) in [5, 5.41) is 17.0. The summed E-state index contributed by atoms with van der Waals surface area (Å²) in [6, 6.07) is 4.94. The Balaban J connectivity index is 2.51. The van der Waals surface area contributed by atoms with E-state index in [1.807, 2.05) is 0 Å². The summed E-state index contributed by atoms with van der Waals surface area (Å²) < 4.78 is 26.8. The molecule has 0 spiro atoms. The molecular formula is C16H27N5O4S. The highest BCUT2D eigenvalue weighted by Gasteiger charge is 2.17. The summed E-state index contributed by atoms with van der Waals surface area (Å²) in [5.74, 6) is 1.16. The Hall–Kier alpha value is -2.20. The van der Waals surface area contributed by atoms with E-state index in [0.29, 0.717) is 18.4 Å². The minimum Gasteiger partial charge on any atom is -0.356 e. The van der Waals surface area contributed by atoms with Crippen molar-refractivity contribution in [3.05, 3.63) is 34.4 Å². The average Bonchev–Trinajstić information content (AvgIpc) is 2.64. The van der Waals surface area contributed by atoms with Gasteiger partial charge in [-0.05, 0) is 12.0 Å². The molecule has 0 aromatic heterocycles. The van der Waals surface area contributed by atoms with E-state index in [9.17, 15) is 18.5 Å². The van der Waals surface area contributed by atoms with Crippen LogP contribution in [0, 0.1) is 16.0 Å². The fraction of sp³-hybridized carbons (Fsp3) is 0.562. The van der Waals surface area contributed by atoms with Gasteiger partial charge in [-0.2, -0.15) is 0 Å². The van der Waals surface area contributed by atoms with E-state index in [2.05, 4.69) is 34.2 Å². The first-order chi connectivity index (χ1) is 12.3. The molecule has 0 heterocycles. The molecule has 10 heteroatoms. The van der Waals surface area contributed by atoms with Gasteiger partial charge in [-0.3, -0.25) is 15.1 Å². The van der Waals surface area contributed by atoms with Crippen molar-refractivity contribution in [1.82, 2.24) is 15.4 Å². The molecule has 0 fully saturated rings. The Kier molecular flexibility index (Phi) is 9.00. The second-order valence-corrected chi connectivity index (χ2v) is 7.48. The smallest absolute Gasteiger partial charge is 0.270 e. The maximum Gasteiger partial charge on any atom is 0.270 e. The highest BCUT2D eigenvalue weighted by atomic mass is 32.2. The molecule has 146 valence electrons. The number of sulfonamides is 1. The first-order valence-corrected chi connectivity index (χ1v) is 10.0. The number of nitro benzene ring substituents is 1. The number of nitro groups is 1. The number of nitrogens with one attached hydrogen (secondary N) is 3. The first-order valence-electron chi connectivity index (χ1n) is 8.52. The predicted molar refractivity (Wildman–Crippen MR) is 102 cm³/mol. The van der Waals surface area contributed by atoms with Crippen LogP contribution in [0.15, 0.2) is 34.2 Å². The van der Waals surface area contributed by atoms with Crippen LogP contribution in [0.5, 0.6) is 0 Å². The molecule has 0 amide bonds. The standard InChI is InChI=1S/C16H27N5O4S/c1-4-13(5-2)12-19-16(17-3)18-9-10-20-26(24,25)15-8-6-7-14(11-15)21(22)23/h6-8,11,13,20H,4-5,9-10,12H2,1-3H3,(H2,17,18,19). The Labute approximate surface area is 154 Å². The van der Waals surface area contributed by atoms with Crippen molar-refractivity contribution in [2.75, 3.05) is 26.7 Å². The van der Waals surface area contributed by atoms with Crippen molar-refractivity contribution in [2.45, 2.75) is 31.6 Å². The van der Waals surface area contributed by atoms with Crippen LogP contribution in [0.4, 0.5) is 5.69 Å². The van der Waals surface area contributed by atoms with Crippen molar-refractivity contribution in [2.24, 2.45) is 10.9 Å². The van der Waals surface area contributed by atoms with Crippen molar-refractivity contribution in [1.29, 1.82) is 0 Å². The van der Waals surface area contributed by atoms with Crippen LogP contribution in [-0.2, 0) is 10.0 Å². The molecule has 1 aromatic carbocycles. The molecule has 1 rings (SSSR count). The first kappa shape index (κ1) is 21.8. The molecule has 0 aliphatic heterocycles. The van der Waals surface area contributed by atoms with E-state index >= 15 is 0 Å². The summed E-state index contributed by atoms with van der Waals surface area (Å²) in [6.45, 7) is 5.52. The molecule has 0 atom stereocenters. The van der Waals surface area contributed by atoms with Crippen LogP contribution in [0.1, 0.15) is 26.7 Å². The van der Waals surface area contributed by atoms with Gasteiger partial charge in [-0.1, -0.05) is 32.8 Å². The fourth-order valence-electron chi connectivity index (χ4n) is 2.25. The largest absolute Gasteiger partial charge is 0.356 e. The van der Waals surface area contributed by atoms with Crippen LogP contribution >= 0.6 is 0 Å². The maximum absolute atomic E-state index is 12.2. The number of guanidine groups is 1. The summed E-state index contributed by atoms with van der Waals surface area (Å²) in [5.41, 5.74) is -0.267. The van der Waals surface area contributed by atoms with Crippen molar-refractivity contribution in [3.63, 3.8) is 0 Å². The second kappa shape index (κ2) is 10.7. The Morgan fingerprint density at radius 2 is 1.92 bits per heavy atom. The molecule has 0 unspecified atom stereocenters. The molecule has 0 aliphatic rings. The molecule has 3 N–H and O–H groups in total. The lowest BCUT2D eigenvalue weighted by Crippen LogP contribution is -2.43. The summed E-state index contributed by atoms with van der Waals surface area (Å²) in [6.07, 6.45) is 2.15. The predicted octanol–water partition coefficient (Wildman–Crippen LogP) is 1.47. The van der Waals surface area contributed by atoms with Gasteiger partial charge in [0, 0.05) is 38.8 Å². The Bertz CT molecular complexity index is 717. The second-order valence-electron chi connectivity index (χ2n) is 5.71. The van der Waals surface area contributed by atoms with Gasteiger partial charge in [-0.25, -0.2) is 13.1 Å². The van der Waals surface area contributed by atoms with Crippen LogP contribution in [0.3, 0.4) is 0 Å². The number of aliphatic imine (C=N–C) groups is 1. The van der Waals surface area contributed by atoms with Crippen LogP contribution in [0.25, 0.3) is 0 Å². The topological polar surface area (TPSA) is 126 Å². The van der Waals surface area contributed by atoms with Crippen LogP contribution < -0.4 is 15.4 Å². The molecular weight excluding hydrogens is 358 g/mol. The maximum atomic E-state index is 12.2. The van der Waals surface area contributed by atoms with E-state index in [1.165, 1.54) is 18.2 Å². The van der Waals surface area contributed by atoms with Gasteiger partial charge in [0.1, 0.15) is 0 Å². The number of nitrogens with zero attached hydrogens (tertiary/aromatic N) is 2. The van der Waals surface area contributed by atoms with E-state index in [-0.39, 0.29) is 17.1 Å². The van der Waals surface area contributed by atoms with Gasteiger partial charge in [0.25, 0.3) is 5.69 Å². The third-order valence-electron chi connectivity index (χ3n) is 3.98. The van der Waals surface area contributed by atoms with Crippen molar-refractivity contribution < 1.29 is 13.3 Å². The lowest BCUT2D eigenvalue weighted by atomic mass is 10.0. The number of non-ortho nitro benzene ring substituents is 1. The normalized spacial score (nSPS) is 12.2. The molecule has 0 bridgehead atoms. The van der Waals surface area contributed by atoms with Crippen LogP contribution in [-0.4, -0.2) is 46.0 Å². The monoisotopic (exact) mass is 385 g/mol. The average molecular weight is 385 g/mol. The molecule has 0 saturated heterocycles. The summed E-state index contributed by atoms with van der Waals surface area (Å²) in [4.78, 5) is 14.1. The molecule has 0 saturated carbocycles. The quantitative estimate of drug-likeness (QED) is 0.184. The molecule has 0 radical (unpaired) electrons. The van der Waals surface area contributed by atoms with Crippen LogP contribution in [0.2, 0.25) is 0 Å². The lowest BCUT2D eigenvalue weighted by molar-refractivity contribution is -0.385. The Morgan fingerprint density at radius 3 is 2.50 bits per heavy atom. The van der Waals surface area contributed by atoms with E-state index < -0.39 is 14.9 Å². The number of benzene rings is 1. The number of hydrogen-bond donors (Lipinski definition) is 3. The SMILES string of the molecule is CCC(CC)CNC(=NC)NCCNS(=O)(=O)c1cccc([N+](=O)[O-])c1. The van der Waals surface area contributed by atoms with Gasteiger partial charge in [-0.15, -0.1) is 0 Å². The van der Waals surface area contributed by atoms with Gasteiger partial charge < -0.3 is 10.6 Å². The summed E-state index contributed by atoms with van der Waals surface area (Å²) >= 11 is 0. The fourth-order valence-corrected chi connectivity index (χ4v) is 3.32. The number of hydrogen-bond acceptors (Lipinski definition) is 5. The summed E-state index contributed by atoms with van der Waals surface area (Å²) in [7, 11) is -2.16. The van der Waals surface area contributed by atoms with Gasteiger partial charge in [0.2, 0.25) is 10.0 Å². The molecule has 9 nitrogen and oxygen atoms in total. The lowest BCUT2D eigenvalue weighted by Gasteiger charge is -2.16. The zero-order valence-corrected chi connectivity index (χ0v) is 16.2. The molecule has 26 heavy (non-hydrogen) atoms. The van der Waals surface area contributed by atoms with E-state index in [0.717, 1.165) is 25.5 Å². The van der Waals surface area contributed by atoms with Crippen molar-refractivity contribution in [3.8, 4) is 0 Å². The minimum atomic E-state index is -3.81. The molecule has 1 aromatic rings. The third-order valence-corrected chi connectivity index (χ3v) is 5.44. The molecule has 0 aliphatic carbocycles. The van der Waals surface area contributed by atoms with Gasteiger partial charge in [0.15, 0.2) is 5.96 Å². The zero-order chi connectivity index (χ0) is 19.6. The zero-order valence-electron chi connectivity index (χ0n) is 15.4. The van der Waals surface area contributed by atoms with E-state index in [4.69, 9.17) is 0 Å². The third kappa shape index (κ3) is 6.96. The Morgan fingerprint density at radius 1 is 1.23 bits per heavy atom. The minimum absolute atomic E-state index is 0.122. The van der Waals surface area contributed by atoms with Gasteiger partial charge in [0.05, 0.1) is 9.82 Å². The number of rotatable bonds is 10. The highest BCUT2D eigenvalue weighted by Crippen LogP contribution is 2.16. The highest BCUT2D eigenvalue weighted by molar-refractivity contribution is 7.89. The van der Waals surface area contributed by atoms with Crippen molar-refractivity contribution >= 4 is 21.7 Å².